The molecule has 12 heteroatoms. The largest absolute Gasteiger partial charge is 0.445 e. The highest BCUT2D eigenvalue weighted by Crippen LogP contribution is 2.39. The lowest BCUT2D eigenvalue weighted by Gasteiger charge is -2.20. The van der Waals surface area contributed by atoms with Crippen LogP contribution < -0.4 is 0 Å². The van der Waals surface area contributed by atoms with Gasteiger partial charge in [0.2, 0.25) is 0 Å². The van der Waals surface area contributed by atoms with Crippen molar-refractivity contribution in [3.63, 3.8) is 0 Å². The molecule has 0 saturated heterocycles. The van der Waals surface area contributed by atoms with Crippen LogP contribution in [0.2, 0.25) is 10.0 Å². The molecule has 2 aromatic rings. The number of pyridine rings is 1. The number of carbonyl (C=O) groups excluding carboxylic acids is 2. The van der Waals surface area contributed by atoms with Crippen LogP contribution in [0.3, 0.4) is 0 Å². The van der Waals surface area contributed by atoms with Crippen molar-refractivity contribution >= 4 is 46.0 Å². The summed E-state index contributed by atoms with van der Waals surface area (Å²) in [6.45, 7) is 2.51. The highest BCUT2D eigenvalue weighted by Gasteiger charge is 2.39. The number of aromatic nitrogens is 3. The molecule has 146 valence electrons. The zero-order valence-corrected chi connectivity index (χ0v) is 16.3. The van der Waals surface area contributed by atoms with Crippen molar-refractivity contribution in [2.75, 3.05) is 0 Å². The van der Waals surface area contributed by atoms with Crippen molar-refractivity contribution < 1.29 is 27.5 Å². The number of hydrogen-bond donors (Lipinski definition) is 0. The third-order valence-electron chi connectivity index (χ3n) is 3.36. The molecule has 0 aliphatic heterocycles. The number of carbonyl (C=O) groups is 2. The minimum absolute atomic E-state index is 0.141. The molecular formula is C15H11Cl3F3N3O3. The van der Waals surface area contributed by atoms with Crippen molar-refractivity contribution in [1.29, 1.82) is 0 Å². The van der Waals surface area contributed by atoms with Gasteiger partial charge in [-0.1, -0.05) is 23.2 Å². The Balaban J connectivity index is 2.50. The predicted octanol–water partition coefficient (Wildman–Crippen LogP) is 4.51. The van der Waals surface area contributed by atoms with Crippen LogP contribution in [0.25, 0.3) is 11.4 Å². The van der Waals surface area contributed by atoms with Gasteiger partial charge >= 0.3 is 12.1 Å². The van der Waals surface area contributed by atoms with Crippen molar-refractivity contribution in [2.24, 2.45) is 7.05 Å². The normalized spacial score (nSPS) is 12.2. The highest BCUT2D eigenvalue weighted by atomic mass is 35.5. The highest BCUT2D eigenvalue weighted by molar-refractivity contribution is 6.65. The minimum atomic E-state index is -4.74. The van der Waals surface area contributed by atoms with Crippen LogP contribution >= 0.6 is 34.8 Å². The lowest BCUT2D eigenvalue weighted by Crippen LogP contribution is -2.34. The van der Waals surface area contributed by atoms with Crippen molar-refractivity contribution in [1.82, 2.24) is 14.8 Å². The second-order valence-electron chi connectivity index (χ2n) is 5.83. The average molecular weight is 445 g/mol. The van der Waals surface area contributed by atoms with Crippen LogP contribution in [-0.4, -0.2) is 31.6 Å². The number of nitrogens with zero attached hydrogens (tertiary/aromatic N) is 3. The molecule has 2 heterocycles. The van der Waals surface area contributed by atoms with E-state index in [9.17, 15) is 22.8 Å². The van der Waals surface area contributed by atoms with Gasteiger partial charge in [-0.05, 0) is 37.6 Å². The molecule has 0 N–H and O–H groups in total. The maximum atomic E-state index is 13.1. The molecule has 27 heavy (non-hydrogen) atoms. The van der Waals surface area contributed by atoms with E-state index in [0.29, 0.717) is 4.68 Å². The van der Waals surface area contributed by atoms with E-state index in [1.165, 1.54) is 26.0 Å². The Hall–Kier alpha value is -1.84. The van der Waals surface area contributed by atoms with Crippen LogP contribution in [0.5, 0.6) is 0 Å². The Labute approximate surface area is 166 Å². The Morgan fingerprint density at radius 1 is 1.19 bits per heavy atom. The summed E-state index contributed by atoms with van der Waals surface area (Å²) in [5, 5.41) is 1.94. The van der Waals surface area contributed by atoms with Gasteiger partial charge < -0.3 is 4.74 Å². The standard InChI is InChI=1S/C15H11Cl3F3N3O3/c1-14(2,13(18)26)27-12(25)9-6(16)4-5-7(22-9)10-8(17)11(15(19,20)21)24(3)23-10/h4-5H,1-3H3. The first-order chi connectivity index (χ1) is 12.3. The molecule has 0 unspecified atom stereocenters. The smallest absolute Gasteiger partial charge is 0.434 e. The zero-order chi connectivity index (χ0) is 20.7. The Morgan fingerprint density at radius 3 is 2.26 bits per heavy atom. The van der Waals surface area contributed by atoms with Crippen LogP contribution in [0.15, 0.2) is 12.1 Å². The molecule has 0 fully saturated rings. The molecule has 0 saturated carbocycles. The van der Waals surface area contributed by atoms with Crippen molar-refractivity contribution in [3.8, 4) is 11.4 Å². The van der Waals surface area contributed by atoms with Crippen molar-refractivity contribution in [2.45, 2.75) is 25.6 Å². The lowest BCUT2D eigenvalue weighted by molar-refractivity contribution is -0.143. The molecule has 0 bridgehead atoms. The quantitative estimate of drug-likeness (QED) is 0.512. The number of hydrogen-bond acceptors (Lipinski definition) is 5. The molecule has 0 spiro atoms. The van der Waals surface area contributed by atoms with Gasteiger partial charge in [-0.15, -0.1) is 0 Å². The SMILES string of the molecule is Cn1nc(-c2ccc(Cl)c(C(=O)OC(C)(C)C(=O)Cl)n2)c(Cl)c1C(F)(F)F. The predicted molar refractivity (Wildman–Crippen MR) is 91.8 cm³/mol. The molecule has 0 atom stereocenters. The van der Waals surface area contributed by atoms with Crippen LogP contribution in [0.4, 0.5) is 13.2 Å². The summed E-state index contributed by atoms with van der Waals surface area (Å²) in [4.78, 5) is 27.4. The molecule has 0 aliphatic carbocycles. The third-order valence-corrected chi connectivity index (χ3v) is 4.48. The second kappa shape index (κ2) is 7.29. The summed E-state index contributed by atoms with van der Waals surface area (Å²) in [6, 6.07) is 2.46. The fraction of sp³-hybridized carbons (Fsp3) is 0.333. The van der Waals surface area contributed by atoms with E-state index >= 15 is 0 Å². The first-order valence-electron chi connectivity index (χ1n) is 7.15. The first-order valence-corrected chi connectivity index (χ1v) is 8.29. The van der Waals surface area contributed by atoms with E-state index in [1.54, 1.807) is 0 Å². The number of alkyl halides is 3. The van der Waals surface area contributed by atoms with E-state index < -0.39 is 39.4 Å². The Kier molecular flexibility index (Phi) is 5.79. The van der Waals surface area contributed by atoms with Gasteiger partial charge in [-0.3, -0.25) is 9.48 Å². The van der Waals surface area contributed by atoms with Crippen LogP contribution in [0.1, 0.15) is 30.0 Å². The van der Waals surface area contributed by atoms with Gasteiger partial charge in [-0.2, -0.15) is 18.3 Å². The van der Waals surface area contributed by atoms with Gasteiger partial charge in [-0.25, -0.2) is 9.78 Å². The molecular weight excluding hydrogens is 434 g/mol. The van der Waals surface area contributed by atoms with Gasteiger partial charge in [0.15, 0.2) is 17.0 Å². The maximum Gasteiger partial charge on any atom is 0.434 e. The van der Waals surface area contributed by atoms with E-state index in [4.69, 9.17) is 39.5 Å². The maximum absolute atomic E-state index is 13.1. The number of halogens is 6. The Morgan fingerprint density at radius 2 is 1.78 bits per heavy atom. The van der Waals surface area contributed by atoms with Gasteiger partial charge in [0.25, 0.3) is 5.24 Å². The van der Waals surface area contributed by atoms with E-state index in [0.717, 1.165) is 7.05 Å². The number of rotatable bonds is 4. The van der Waals surface area contributed by atoms with Crippen LogP contribution in [-0.2, 0) is 22.8 Å². The summed E-state index contributed by atoms with van der Waals surface area (Å²) in [5.74, 6) is -1.09. The third kappa shape index (κ3) is 4.36. The summed E-state index contributed by atoms with van der Waals surface area (Å²) < 4.78 is 44.7. The molecule has 0 aromatic carbocycles. The average Bonchev–Trinajstić information content (AvgIpc) is 2.81. The Bertz CT molecular complexity index is 926. The summed E-state index contributed by atoms with van der Waals surface area (Å²) in [6.07, 6.45) is -4.74. The molecule has 6 nitrogen and oxygen atoms in total. The number of esters is 1. The molecule has 0 aliphatic rings. The molecule has 2 aromatic heterocycles. The van der Waals surface area contributed by atoms with Gasteiger partial charge in [0.1, 0.15) is 10.7 Å². The zero-order valence-electron chi connectivity index (χ0n) is 14.0. The van der Waals surface area contributed by atoms with Gasteiger partial charge in [0, 0.05) is 7.05 Å². The van der Waals surface area contributed by atoms with E-state index in [2.05, 4.69) is 10.1 Å². The molecule has 0 amide bonds. The molecule has 0 radical (unpaired) electrons. The second-order valence-corrected chi connectivity index (χ2v) is 6.96. The fourth-order valence-electron chi connectivity index (χ4n) is 2.01. The lowest BCUT2D eigenvalue weighted by atomic mass is 10.1. The number of ether oxygens (including phenoxy) is 1. The number of aryl methyl sites for hydroxylation is 1. The first kappa shape index (κ1) is 21.5. The van der Waals surface area contributed by atoms with Gasteiger partial charge in [0.05, 0.1) is 10.7 Å². The summed E-state index contributed by atoms with van der Waals surface area (Å²) in [7, 11) is 1.07. The minimum Gasteiger partial charge on any atom is -0.445 e. The molecule has 2 rings (SSSR count). The van der Waals surface area contributed by atoms with E-state index in [1.807, 2.05) is 0 Å². The topological polar surface area (TPSA) is 74.1 Å². The van der Waals surface area contributed by atoms with E-state index in [-0.39, 0.29) is 16.4 Å². The van der Waals surface area contributed by atoms with Crippen molar-refractivity contribution in [3.05, 3.63) is 33.6 Å². The monoisotopic (exact) mass is 443 g/mol. The fourth-order valence-corrected chi connectivity index (χ4v) is 2.59. The van der Waals surface area contributed by atoms with Crippen LogP contribution in [0, 0.1) is 0 Å². The summed E-state index contributed by atoms with van der Waals surface area (Å²) >= 11 is 17.1. The summed E-state index contributed by atoms with van der Waals surface area (Å²) in [5.41, 5.74) is -3.71.